The topological polar surface area (TPSA) is 27.7 Å². The van der Waals surface area contributed by atoms with E-state index in [1.165, 1.54) is 43.4 Å². The number of hydrogen-bond acceptors (Lipinski definition) is 3. The molecule has 0 radical (unpaired) electrons. The second kappa shape index (κ2) is 6.85. The lowest BCUT2D eigenvalue weighted by molar-refractivity contribution is -0.929. The van der Waals surface area contributed by atoms with Crippen molar-refractivity contribution in [1.29, 1.82) is 0 Å². The quantitative estimate of drug-likeness (QED) is 0.518. The van der Waals surface area contributed by atoms with Crippen molar-refractivity contribution >= 4 is 8.80 Å². The molecule has 0 amide bonds. The molecule has 1 aliphatic rings. The van der Waals surface area contributed by atoms with Gasteiger partial charge in [-0.15, -0.1) is 0 Å². The molecule has 102 valence electrons. The molecule has 0 bridgehead atoms. The van der Waals surface area contributed by atoms with Gasteiger partial charge in [0.2, 0.25) is 0 Å². The fourth-order valence-corrected chi connectivity index (χ4v) is 4.67. The highest BCUT2D eigenvalue weighted by Gasteiger charge is 2.41. The van der Waals surface area contributed by atoms with Gasteiger partial charge >= 0.3 is 8.80 Å². The zero-order chi connectivity index (χ0) is 12.8. The molecule has 0 atom stereocenters. The van der Waals surface area contributed by atoms with E-state index in [2.05, 4.69) is 6.92 Å². The molecule has 1 aliphatic heterocycles. The van der Waals surface area contributed by atoms with E-state index in [0.29, 0.717) is 0 Å². The second-order valence-corrected chi connectivity index (χ2v) is 8.03. The lowest BCUT2D eigenvalue weighted by Crippen LogP contribution is -2.55. The molecule has 4 nitrogen and oxygen atoms in total. The minimum Gasteiger partial charge on any atom is -0.377 e. The highest BCUT2D eigenvalue weighted by molar-refractivity contribution is 6.60. The van der Waals surface area contributed by atoms with Gasteiger partial charge in [0.1, 0.15) is 0 Å². The molecule has 0 aromatic heterocycles. The molecule has 1 fully saturated rings. The zero-order valence-electron chi connectivity index (χ0n) is 11.8. The SMILES string of the molecule is CC[N+]1(CC[Si](OC)(OC)OC)CCCCC1. The van der Waals surface area contributed by atoms with Crippen molar-refractivity contribution < 1.29 is 17.8 Å². The van der Waals surface area contributed by atoms with Gasteiger partial charge in [0, 0.05) is 21.3 Å². The smallest absolute Gasteiger partial charge is 0.377 e. The van der Waals surface area contributed by atoms with E-state index in [1.54, 1.807) is 21.3 Å². The van der Waals surface area contributed by atoms with Gasteiger partial charge in [-0.1, -0.05) is 0 Å². The van der Waals surface area contributed by atoms with Gasteiger partial charge in [-0.3, -0.25) is 0 Å². The fourth-order valence-electron chi connectivity index (χ4n) is 2.81. The normalized spacial score (nSPS) is 20.5. The maximum Gasteiger partial charge on any atom is 0.505 e. The number of hydrogen-bond donors (Lipinski definition) is 0. The predicted octanol–water partition coefficient (Wildman–Crippen LogP) is 1.89. The van der Waals surface area contributed by atoms with Crippen LogP contribution in [-0.2, 0) is 13.3 Å². The van der Waals surface area contributed by atoms with Crippen LogP contribution in [0.15, 0.2) is 0 Å². The Morgan fingerprint density at radius 3 is 1.88 bits per heavy atom. The molecule has 5 heteroatoms. The van der Waals surface area contributed by atoms with Crippen LogP contribution in [0.1, 0.15) is 26.2 Å². The van der Waals surface area contributed by atoms with Crippen molar-refractivity contribution in [2.45, 2.75) is 32.2 Å². The second-order valence-electron chi connectivity index (χ2n) is 4.93. The van der Waals surface area contributed by atoms with E-state index < -0.39 is 8.80 Å². The van der Waals surface area contributed by atoms with E-state index in [-0.39, 0.29) is 0 Å². The van der Waals surface area contributed by atoms with Crippen LogP contribution in [0.3, 0.4) is 0 Å². The van der Waals surface area contributed by atoms with E-state index in [0.717, 1.165) is 12.6 Å². The summed E-state index contributed by atoms with van der Waals surface area (Å²) in [4.78, 5) is 0. The summed E-state index contributed by atoms with van der Waals surface area (Å²) in [6, 6.07) is 0.921. The van der Waals surface area contributed by atoms with Crippen LogP contribution in [0, 0.1) is 0 Å². The van der Waals surface area contributed by atoms with Crippen molar-refractivity contribution in [1.82, 2.24) is 0 Å². The first-order valence-electron chi connectivity index (χ1n) is 6.66. The van der Waals surface area contributed by atoms with Crippen molar-refractivity contribution in [3.63, 3.8) is 0 Å². The van der Waals surface area contributed by atoms with Crippen LogP contribution in [0.2, 0.25) is 6.04 Å². The van der Waals surface area contributed by atoms with Crippen molar-refractivity contribution in [2.75, 3.05) is 47.5 Å². The molecule has 0 spiro atoms. The third kappa shape index (κ3) is 3.76. The number of rotatable bonds is 7. The average molecular weight is 262 g/mol. The summed E-state index contributed by atoms with van der Waals surface area (Å²) in [5.41, 5.74) is 0. The first-order valence-corrected chi connectivity index (χ1v) is 8.59. The molecule has 0 unspecified atom stereocenters. The van der Waals surface area contributed by atoms with Crippen LogP contribution < -0.4 is 0 Å². The molecule has 0 aromatic rings. The summed E-state index contributed by atoms with van der Waals surface area (Å²) in [5.74, 6) is 0. The van der Waals surface area contributed by atoms with Crippen LogP contribution in [0.5, 0.6) is 0 Å². The van der Waals surface area contributed by atoms with Crippen LogP contribution in [0.25, 0.3) is 0 Å². The molecule has 1 heterocycles. The molecular formula is C12H28NO3Si+. The van der Waals surface area contributed by atoms with Gasteiger partial charge in [0.25, 0.3) is 0 Å². The Kier molecular flexibility index (Phi) is 6.09. The van der Waals surface area contributed by atoms with Crippen LogP contribution in [-0.4, -0.2) is 60.8 Å². The van der Waals surface area contributed by atoms with Gasteiger partial charge in [-0.25, -0.2) is 0 Å². The minimum atomic E-state index is -2.38. The molecule has 0 aromatic carbocycles. The Bertz CT molecular complexity index is 208. The van der Waals surface area contributed by atoms with Gasteiger partial charge < -0.3 is 17.8 Å². The summed E-state index contributed by atoms with van der Waals surface area (Å²) in [6.07, 6.45) is 4.10. The number of quaternary nitrogens is 1. The first kappa shape index (κ1) is 15.1. The fraction of sp³-hybridized carbons (Fsp3) is 1.00. The zero-order valence-corrected chi connectivity index (χ0v) is 12.8. The minimum absolute atomic E-state index is 0.921. The van der Waals surface area contributed by atoms with Crippen LogP contribution in [0.4, 0.5) is 0 Å². The van der Waals surface area contributed by atoms with E-state index in [1.807, 2.05) is 0 Å². The number of nitrogens with zero attached hydrogens (tertiary/aromatic N) is 1. The Morgan fingerprint density at radius 2 is 1.47 bits per heavy atom. The Labute approximate surface area is 107 Å². The highest BCUT2D eigenvalue weighted by atomic mass is 28.4. The Morgan fingerprint density at radius 1 is 0.941 bits per heavy atom. The third-order valence-electron chi connectivity index (χ3n) is 4.26. The Hall–Kier alpha value is 0.0569. The molecule has 1 saturated heterocycles. The highest BCUT2D eigenvalue weighted by Crippen LogP contribution is 2.22. The molecule has 0 saturated carbocycles. The monoisotopic (exact) mass is 262 g/mol. The van der Waals surface area contributed by atoms with E-state index >= 15 is 0 Å². The molecule has 1 rings (SSSR count). The van der Waals surface area contributed by atoms with Crippen molar-refractivity contribution in [2.24, 2.45) is 0 Å². The third-order valence-corrected chi connectivity index (χ3v) is 6.96. The lowest BCUT2D eigenvalue weighted by atomic mass is 10.1. The predicted molar refractivity (Wildman–Crippen MR) is 70.8 cm³/mol. The summed E-state index contributed by atoms with van der Waals surface area (Å²) >= 11 is 0. The average Bonchev–Trinajstić information content (AvgIpc) is 2.42. The molecule has 0 aliphatic carbocycles. The maximum absolute atomic E-state index is 5.50. The number of piperidine rings is 1. The van der Waals surface area contributed by atoms with Gasteiger partial charge in [0.15, 0.2) is 0 Å². The van der Waals surface area contributed by atoms with E-state index in [4.69, 9.17) is 13.3 Å². The standard InChI is InChI=1S/C12H28NO3Si/c1-5-13(9-7-6-8-10-13)11-12-17(14-2,15-3)16-4/h5-12H2,1-4H3/q+1. The van der Waals surface area contributed by atoms with Gasteiger partial charge in [-0.2, -0.15) is 0 Å². The van der Waals surface area contributed by atoms with E-state index in [9.17, 15) is 0 Å². The Balaban J connectivity index is 2.56. The molecular weight excluding hydrogens is 234 g/mol. The van der Waals surface area contributed by atoms with Crippen molar-refractivity contribution in [3.05, 3.63) is 0 Å². The lowest BCUT2D eigenvalue weighted by Gasteiger charge is -2.42. The largest absolute Gasteiger partial charge is 0.505 e. The summed E-state index contributed by atoms with van der Waals surface area (Å²) < 4.78 is 17.7. The maximum atomic E-state index is 5.50. The van der Waals surface area contributed by atoms with Gasteiger partial charge in [0.05, 0.1) is 32.2 Å². The molecule has 17 heavy (non-hydrogen) atoms. The van der Waals surface area contributed by atoms with Gasteiger partial charge in [-0.05, 0) is 26.2 Å². The van der Waals surface area contributed by atoms with Crippen LogP contribution >= 0.6 is 0 Å². The first-order chi connectivity index (χ1) is 8.16. The summed E-state index contributed by atoms with van der Waals surface area (Å²) in [7, 11) is 2.72. The summed E-state index contributed by atoms with van der Waals surface area (Å²) in [6.45, 7) is 7.23. The van der Waals surface area contributed by atoms with Crippen molar-refractivity contribution in [3.8, 4) is 0 Å². The molecule has 0 N–H and O–H groups in total. The summed E-state index contributed by atoms with van der Waals surface area (Å²) in [5, 5.41) is 0. The number of likely N-dealkylation sites (tertiary alicyclic amines) is 1.